The summed E-state index contributed by atoms with van der Waals surface area (Å²) in [7, 11) is 0. The van der Waals surface area contributed by atoms with Gasteiger partial charge in [-0.2, -0.15) is 4.80 Å². The first kappa shape index (κ1) is 9.67. The first-order valence-corrected chi connectivity index (χ1v) is 4.60. The van der Waals surface area contributed by atoms with Crippen molar-refractivity contribution in [2.75, 3.05) is 25.4 Å². The molecule has 1 aromatic rings. The summed E-state index contributed by atoms with van der Waals surface area (Å²) in [6.45, 7) is 3.47. The fourth-order valence-electron chi connectivity index (χ4n) is 2.39. The molecular weight excluding hydrogens is 204 g/mol. The molecule has 2 bridgehead atoms. The molecule has 3 unspecified atom stereocenters. The van der Waals surface area contributed by atoms with Crippen LogP contribution in [0.1, 0.15) is 12.5 Å². The van der Waals surface area contributed by atoms with Crippen molar-refractivity contribution < 1.29 is 0 Å². The van der Waals surface area contributed by atoms with Gasteiger partial charge in [-0.25, -0.2) is 0 Å². The highest BCUT2D eigenvalue weighted by atomic mass is 35.5. The lowest BCUT2D eigenvalue weighted by Crippen LogP contribution is -2.27. The van der Waals surface area contributed by atoms with E-state index in [1.807, 2.05) is 0 Å². The number of fused-ring (bicyclic) bond motifs is 2. The van der Waals surface area contributed by atoms with Crippen molar-refractivity contribution in [3.05, 3.63) is 0 Å². The summed E-state index contributed by atoms with van der Waals surface area (Å²) in [6, 6.07) is 0.401. The van der Waals surface area contributed by atoms with Gasteiger partial charge >= 0.3 is 0 Å². The van der Waals surface area contributed by atoms with E-state index in [1.165, 1.54) is 19.5 Å². The van der Waals surface area contributed by atoms with Crippen molar-refractivity contribution in [3.63, 3.8) is 0 Å². The quantitative estimate of drug-likeness (QED) is 0.689. The van der Waals surface area contributed by atoms with Crippen LogP contribution in [0, 0.1) is 5.92 Å². The lowest BCUT2D eigenvalue weighted by molar-refractivity contribution is 0.263. The van der Waals surface area contributed by atoms with E-state index in [4.69, 9.17) is 5.73 Å². The molecule has 0 amide bonds. The maximum atomic E-state index is 5.43. The molecule has 78 valence electrons. The van der Waals surface area contributed by atoms with Crippen molar-refractivity contribution >= 4 is 18.4 Å². The van der Waals surface area contributed by atoms with E-state index >= 15 is 0 Å². The molecule has 0 radical (unpaired) electrons. The van der Waals surface area contributed by atoms with E-state index in [2.05, 4.69) is 20.3 Å². The summed E-state index contributed by atoms with van der Waals surface area (Å²) in [6.07, 6.45) is 1.26. The van der Waals surface area contributed by atoms with Gasteiger partial charge in [0.05, 0.1) is 6.04 Å². The SMILES string of the molecule is Cl.Nc1nnn(C2CN3CCC2C3)n1. The fourth-order valence-corrected chi connectivity index (χ4v) is 2.39. The summed E-state index contributed by atoms with van der Waals surface area (Å²) < 4.78 is 0. The first-order chi connectivity index (χ1) is 6.33. The van der Waals surface area contributed by atoms with E-state index in [-0.39, 0.29) is 18.4 Å². The average molecular weight is 217 g/mol. The summed E-state index contributed by atoms with van der Waals surface area (Å²) in [5.74, 6) is 0.978. The van der Waals surface area contributed by atoms with E-state index in [0.717, 1.165) is 6.54 Å². The third kappa shape index (κ3) is 1.34. The largest absolute Gasteiger partial charge is 0.365 e. The van der Waals surface area contributed by atoms with E-state index < -0.39 is 0 Å². The Morgan fingerprint density at radius 1 is 1.36 bits per heavy atom. The van der Waals surface area contributed by atoms with Crippen LogP contribution in [0.2, 0.25) is 0 Å². The van der Waals surface area contributed by atoms with E-state index in [1.54, 1.807) is 4.80 Å². The standard InChI is InChI=1S/C7H12N6.ClH/c8-7-9-11-13(10-7)6-4-12-2-1-5(6)3-12;/h5-6H,1-4H2,(H2,8,10);1H. The number of anilines is 1. The van der Waals surface area contributed by atoms with Crippen LogP contribution in [0.5, 0.6) is 0 Å². The number of nitrogens with zero attached hydrogens (tertiary/aromatic N) is 5. The molecule has 3 rings (SSSR count). The van der Waals surface area contributed by atoms with Crippen molar-refractivity contribution in [1.82, 2.24) is 25.1 Å². The van der Waals surface area contributed by atoms with Crippen LogP contribution >= 0.6 is 12.4 Å². The zero-order chi connectivity index (χ0) is 8.84. The van der Waals surface area contributed by atoms with Gasteiger partial charge in [0.1, 0.15) is 0 Å². The van der Waals surface area contributed by atoms with Crippen LogP contribution in [0.3, 0.4) is 0 Å². The molecule has 0 saturated carbocycles. The van der Waals surface area contributed by atoms with Crippen LogP contribution in [0.25, 0.3) is 0 Å². The van der Waals surface area contributed by atoms with Crippen LogP contribution in [0.15, 0.2) is 0 Å². The molecule has 2 aliphatic rings. The number of nitrogen functional groups attached to an aromatic ring is 1. The topological polar surface area (TPSA) is 72.9 Å². The number of rotatable bonds is 1. The minimum Gasteiger partial charge on any atom is -0.365 e. The number of hydrogen-bond acceptors (Lipinski definition) is 5. The van der Waals surface area contributed by atoms with Crippen LogP contribution < -0.4 is 5.73 Å². The lowest BCUT2D eigenvalue weighted by Gasteiger charge is -2.20. The summed E-state index contributed by atoms with van der Waals surface area (Å²) in [5.41, 5.74) is 5.43. The molecule has 14 heavy (non-hydrogen) atoms. The molecular formula is C7H13ClN6. The molecule has 2 aliphatic heterocycles. The van der Waals surface area contributed by atoms with Gasteiger partial charge < -0.3 is 10.6 Å². The fraction of sp³-hybridized carbons (Fsp3) is 0.857. The van der Waals surface area contributed by atoms with Gasteiger partial charge in [0.15, 0.2) is 0 Å². The first-order valence-electron chi connectivity index (χ1n) is 4.60. The van der Waals surface area contributed by atoms with E-state index in [9.17, 15) is 0 Å². The number of nitrogens with two attached hydrogens (primary N) is 1. The predicted octanol–water partition coefficient (Wildman–Crippen LogP) is -0.446. The minimum absolute atomic E-state index is 0. The zero-order valence-electron chi connectivity index (χ0n) is 7.70. The number of piperidine rings is 1. The molecule has 7 heteroatoms. The second kappa shape index (κ2) is 3.36. The van der Waals surface area contributed by atoms with Crippen LogP contribution in [-0.4, -0.2) is 44.7 Å². The van der Waals surface area contributed by atoms with Gasteiger partial charge in [-0.1, -0.05) is 5.10 Å². The maximum Gasteiger partial charge on any atom is 0.260 e. The number of aromatic nitrogens is 4. The Labute approximate surface area is 87.8 Å². The molecule has 3 atom stereocenters. The van der Waals surface area contributed by atoms with Crippen molar-refractivity contribution in [1.29, 1.82) is 0 Å². The van der Waals surface area contributed by atoms with Crippen LogP contribution in [-0.2, 0) is 0 Å². The van der Waals surface area contributed by atoms with Gasteiger partial charge in [-0.15, -0.1) is 17.5 Å². The highest BCUT2D eigenvalue weighted by Gasteiger charge is 2.40. The maximum absolute atomic E-state index is 5.43. The van der Waals surface area contributed by atoms with E-state index in [0.29, 0.717) is 12.0 Å². The third-order valence-corrected chi connectivity index (χ3v) is 3.04. The average Bonchev–Trinajstić information content (AvgIpc) is 2.77. The highest BCUT2D eigenvalue weighted by Crippen LogP contribution is 2.35. The Bertz CT molecular complexity index is 326. The molecule has 0 aromatic carbocycles. The second-order valence-electron chi connectivity index (χ2n) is 3.84. The van der Waals surface area contributed by atoms with Gasteiger partial charge in [0.2, 0.25) is 0 Å². The molecule has 2 N–H and O–H groups in total. The second-order valence-corrected chi connectivity index (χ2v) is 3.84. The number of hydrogen-bond donors (Lipinski definition) is 1. The Hall–Kier alpha value is -0.880. The van der Waals surface area contributed by atoms with Crippen molar-refractivity contribution in [2.45, 2.75) is 12.5 Å². The van der Waals surface area contributed by atoms with Gasteiger partial charge in [-0.3, -0.25) is 0 Å². The Morgan fingerprint density at radius 3 is 2.71 bits per heavy atom. The summed E-state index contributed by atoms with van der Waals surface area (Å²) in [4.78, 5) is 4.12. The van der Waals surface area contributed by atoms with Crippen molar-refractivity contribution in [2.24, 2.45) is 5.92 Å². The minimum atomic E-state index is 0. The lowest BCUT2D eigenvalue weighted by atomic mass is 10.0. The number of halogens is 1. The summed E-state index contributed by atoms with van der Waals surface area (Å²) in [5, 5.41) is 11.7. The normalized spacial score (nSPS) is 34.4. The molecule has 1 aromatic heterocycles. The summed E-state index contributed by atoms with van der Waals surface area (Å²) >= 11 is 0. The third-order valence-electron chi connectivity index (χ3n) is 3.04. The Balaban J connectivity index is 0.000000750. The van der Waals surface area contributed by atoms with Crippen molar-refractivity contribution in [3.8, 4) is 0 Å². The Kier molecular flexibility index (Phi) is 2.32. The van der Waals surface area contributed by atoms with Gasteiger partial charge in [-0.05, 0) is 24.1 Å². The Morgan fingerprint density at radius 2 is 2.21 bits per heavy atom. The predicted molar refractivity (Wildman–Crippen MR) is 53.1 cm³/mol. The monoisotopic (exact) mass is 216 g/mol. The molecule has 6 nitrogen and oxygen atoms in total. The zero-order valence-corrected chi connectivity index (χ0v) is 8.52. The van der Waals surface area contributed by atoms with Gasteiger partial charge in [0, 0.05) is 13.1 Å². The molecule has 3 heterocycles. The molecule has 0 aliphatic carbocycles. The highest BCUT2D eigenvalue weighted by molar-refractivity contribution is 5.85. The van der Waals surface area contributed by atoms with Crippen LogP contribution in [0.4, 0.5) is 5.95 Å². The molecule has 2 fully saturated rings. The molecule has 0 spiro atoms. The number of tetrazole rings is 1. The molecule has 2 saturated heterocycles. The van der Waals surface area contributed by atoms with Gasteiger partial charge in [0.25, 0.3) is 5.95 Å². The smallest absolute Gasteiger partial charge is 0.260 e.